The van der Waals surface area contributed by atoms with Gasteiger partial charge in [-0.2, -0.15) is 4.98 Å². The van der Waals surface area contributed by atoms with Crippen molar-refractivity contribution < 1.29 is 42.2 Å². The lowest BCUT2D eigenvalue weighted by Crippen LogP contribution is -2.59. The number of amides is 1. The number of piperidine rings is 1. The number of aliphatic hydroxyl groups is 1. The molecule has 20 nitrogen and oxygen atoms in total. The second kappa shape index (κ2) is 22.8. The number of para-hydroxylation sites is 1. The highest BCUT2D eigenvalue weighted by atomic mass is 32.2. The topological polar surface area (TPSA) is 230 Å². The molecule has 3 saturated heterocycles. The normalized spacial score (nSPS) is 23.9. The van der Waals surface area contributed by atoms with E-state index < -0.39 is 43.1 Å². The third-order valence-corrected chi connectivity index (χ3v) is 19.8. The van der Waals surface area contributed by atoms with Gasteiger partial charge in [-0.3, -0.25) is 29.7 Å². The number of nitro groups is 1. The number of hydrogen-bond donors (Lipinski definition) is 4. The summed E-state index contributed by atoms with van der Waals surface area (Å²) in [6, 6.07) is 24.0. The number of nitro benzene ring substituents is 1. The van der Waals surface area contributed by atoms with E-state index in [1.807, 2.05) is 50.5 Å². The number of fused-ring (bicyclic) bond motifs is 3. The molecular formula is C62H76N10O10S. The van der Waals surface area contributed by atoms with Crippen LogP contribution in [0.1, 0.15) is 112 Å². The fraction of sp³-hybridized carbons (Fsp3) is 0.500. The quantitative estimate of drug-likeness (QED) is 0.0522. The van der Waals surface area contributed by atoms with Gasteiger partial charge in [0.1, 0.15) is 34.6 Å². The van der Waals surface area contributed by atoms with Gasteiger partial charge in [0.15, 0.2) is 0 Å². The van der Waals surface area contributed by atoms with Crippen molar-refractivity contribution in [3.8, 4) is 17.4 Å². The Balaban J connectivity index is 0.798. The molecule has 3 aromatic carbocycles. The fourth-order valence-corrected chi connectivity index (χ4v) is 14.8. The van der Waals surface area contributed by atoms with E-state index in [-0.39, 0.29) is 47.4 Å². The summed E-state index contributed by atoms with van der Waals surface area (Å²) in [5, 5.41) is 26.9. The minimum Gasteiger partial charge on any atom is -0.495 e. The number of nitrogens with zero attached hydrogens (tertiary/aromatic N) is 7. The first-order valence-corrected chi connectivity index (χ1v) is 30.9. The van der Waals surface area contributed by atoms with Crippen molar-refractivity contribution in [2.24, 2.45) is 11.3 Å². The number of pyridine rings is 2. The van der Waals surface area contributed by atoms with E-state index in [2.05, 4.69) is 83.8 Å². The average Bonchev–Trinajstić information content (AvgIpc) is 4.10. The summed E-state index contributed by atoms with van der Waals surface area (Å²) in [6.07, 6.45) is 10.8. The van der Waals surface area contributed by atoms with Gasteiger partial charge in [0, 0.05) is 93.6 Å². The molecule has 0 bridgehead atoms. The number of sulfonamides is 1. The summed E-state index contributed by atoms with van der Waals surface area (Å²) in [6.45, 7) is 14.2. The number of anilines is 4. The van der Waals surface area contributed by atoms with Crippen LogP contribution in [0.15, 0.2) is 96.2 Å². The van der Waals surface area contributed by atoms with Crippen LogP contribution in [0.25, 0.3) is 11.0 Å². The van der Waals surface area contributed by atoms with Crippen LogP contribution in [-0.4, -0.2) is 139 Å². The van der Waals surface area contributed by atoms with Crippen LogP contribution < -0.4 is 34.0 Å². The van der Waals surface area contributed by atoms with Crippen LogP contribution in [0.2, 0.25) is 0 Å². The Bertz CT molecular complexity index is 3500. The monoisotopic (exact) mass is 1150 g/mol. The Labute approximate surface area is 485 Å². The third-order valence-electron chi connectivity index (χ3n) is 18.4. The van der Waals surface area contributed by atoms with E-state index in [9.17, 15) is 28.4 Å². The largest absolute Gasteiger partial charge is 0.495 e. The first-order chi connectivity index (χ1) is 39.9. The van der Waals surface area contributed by atoms with Gasteiger partial charge < -0.3 is 44.2 Å². The smallest absolute Gasteiger partial charge is 0.293 e. The number of rotatable bonds is 16. The van der Waals surface area contributed by atoms with E-state index in [1.165, 1.54) is 17.7 Å². The molecule has 5 fully saturated rings. The summed E-state index contributed by atoms with van der Waals surface area (Å²) in [5.74, 6) is 1.38. The average molecular weight is 1150 g/mol. The molecule has 4 N–H and O–H groups in total. The van der Waals surface area contributed by atoms with Crippen molar-refractivity contribution in [1.82, 2.24) is 29.5 Å². The number of aromatic nitrogens is 3. The zero-order valence-electron chi connectivity index (χ0n) is 48.0. The molecule has 2 aliphatic carbocycles. The van der Waals surface area contributed by atoms with E-state index in [4.69, 9.17) is 23.9 Å². The summed E-state index contributed by atoms with van der Waals surface area (Å²) < 4.78 is 55.5. The minimum absolute atomic E-state index is 0.0351. The van der Waals surface area contributed by atoms with Crippen molar-refractivity contribution in [2.45, 2.75) is 133 Å². The number of nitrogens with one attached hydrogen (secondary N) is 3. The van der Waals surface area contributed by atoms with Crippen LogP contribution in [0.3, 0.4) is 0 Å². The van der Waals surface area contributed by atoms with Crippen LogP contribution in [0.5, 0.6) is 17.4 Å². The van der Waals surface area contributed by atoms with Gasteiger partial charge in [0.05, 0.1) is 64.3 Å². The van der Waals surface area contributed by atoms with Gasteiger partial charge in [-0.05, 0) is 157 Å². The molecule has 6 aliphatic rings. The van der Waals surface area contributed by atoms with Gasteiger partial charge in [-0.15, -0.1) is 0 Å². The van der Waals surface area contributed by atoms with E-state index in [0.717, 1.165) is 118 Å². The number of ether oxygens (including phenoxy) is 4. The van der Waals surface area contributed by atoms with Crippen LogP contribution in [0.4, 0.5) is 28.4 Å². The molecule has 1 amide bonds. The van der Waals surface area contributed by atoms with E-state index in [1.54, 1.807) is 13.2 Å². The highest BCUT2D eigenvalue weighted by Crippen LogP contribution is 2.54. The summed E-state index contributed by atoms with van der Waals surface area (Å²) >= 11 is 0. The molecule has 83 heavy (non-hydrogen) atoms. The van der Waals surface area contributed by atoms with Gasteiger partial charge in [0.2, 0.25) is 5.88 Å². The molecule has 6 aromatic rings. The molecular weight excluding hydrogens is 1080 g/mol. The highest BCUT2D eigenvalue weighted by molar-refractivity contribution is 7.90. The summed E-state index contributed by atoms with van der Waals surface area (Å²) in [4.78, 5) is 48.7. The Morgan fingerprint density at radius 3 is 2.53 bits per heavy atom. The number of hydrogen-bond acceptors (Lipinski definition) is 17. The molecule has 440 valence electrons. The zero-order chi connectivity index (χ0) is 57.8. The van der Waals surface area contributed by atoms with Crippen molar-refractivity contribution in [3.63, 3.8) is 0 Å². The van der Waals surface area contributed by atoms with Gasteiger partial charge >= 0.3 is 0 Å². The van der Waals surface area contributed by atoms with Gasteiger partial charge in [0.25, 0.3) is 21.6 Å². The molecule has 0 radical (unpaired) electrons. The fourth-order valence-electron chi connectivity index (χ4n) is 13.8. The van der Waals surface area contributed by atoms with Gasteiger partial charge in [-0.25, -0.2) is 13.1 Å². The standard InChI is InChI=1S/C62H76N10O10S/c1-39(2)81-55-9-7-6-8-47(55)54-37-68(36-42-28-56(79-5)40(3)64-35-42)25-26-70(54)45-32-62(33-45)20-23-69(24-21-62)44-10-12-48(51(30-44)71-50-17-27-80-38-57(50)82-60-53(71)29-43-16-22-63-58(43)66-60)59(73)67-83(77,78)46-11-13-49(52(31-46)72(75)76)65-34-41-14-18-61(4,74)19-15-41/h6-13,16,22,28-31,35,39,41,45,50,54,57,65,74H,14-15,17-21,23-27,32-34,36-38H2,1-5H3,(H,63,66)(H,67,73)/t41?,50-,54+,57-,61?/m0/s1. The Morgan fingerprint density at radius 1 is 0.964 bits per heavy atom. The van der Waals surface area contributed by atoms with Crippen molar-refractivity contribution in [3.05, 3.63) is 124 Å². The number of benzene rings is 3. The number of aryl methyl sites for hydroxylation is 1. The first kappa shape index (κ1) is 56.4. The second-order valence-corrected chi connectivity index (χ2v) is 26.1. The van der Waals surface area contributed by atoms with Gasteiger partial charge in [-0.1, -0.05) is 18.2 Å². The van der Waals surface area contributed by atoms with Crippen LogP contribution in [0, 0.1) is 28.4 Å². The molecule has 21 heteroatoms. The predicted molar refractivity (Wildman–Crippen MR) is 316 cm³/mol. The van der Waals surface area contributed by atoms with Crippen molar-refractivity contribution in [1.29, 1.82) is 0 Å². The van der Waals surface area contributed by atoms with Crippen LogP contribution in [-0.2, 0) is 21.3 Å². The lowest BCUT2D eigenvalue weighted by molar-refractivity contribution is -0.384. The van der Waals surface area contributed by atoms with E-state index >= 15 is 0 Å². The SMILES string of the molecule is COc1cc(CN2CCN(C3CC4(CCN(c5ccc(C(=O)NS(=O)(=O)c6ccc(NCC7CCC(C)(O)CC7)c([N+](=O)[O-])c6)c(N6c7cc8cc[nH]c8nc7O[C@H]7COCC[C@@H]76)c5)CC4)C3)[C@@H](c3ccccc3OC(C)C)C2)cnc1C. The Morgan fingerprint density at radius 2 is 1.76 bits per heavy atom. The van der Waals surface area contributed by atoms with Crippen molar-refractivity contribution >= 4 is 55.4 Å². The number of H-pyrrole nitrogens is 1. The minimum atomic E-state index is -4.65. The number of carbonyl (C=O) groups is 1. The lowest BCUT2D eigenvalue weighted by atomic mass is 9.59. The summed E-state index contributed by atoms with van der Waals surface area (Å²) in [7, 11) is -2.96. The maximum Gasteiger partial charge on any atom is 0.293 e. The van der Waals surface area contributed by atoms with E-state index in [0.29, 0.717) is 61.4 Å². The molecule has 1 spiro atoms. The molecule has 3 aromatic heterocycles. The Kier molecular flexibility index (Phi) is 15.5. The van der Waals surface area contributed by atoms with Crippen molar-refractivity contribution in [2.75, 3.05) is 74.7 Å². The first-order valence-electron chi connectivity index (χ1n) is 29.4. The second-order valence-electron chi connectivity index (χ2n) is 24.5. The summed E-state index contributed by atoms with van der Waals surface area (Å²) in [5.41, 5.74) is 5.15. The number of piperazine rings is 1. The third kappa shape index (κ3) is 11.7. The lowest BCUT2D eigenvalue weighted by Gasteiger charge is -2.58. The molecule has 0 unspecified atom stereocenters. The molecule has 7 heterocycles. The zero-order valence-corrected chi connectivity index (χ0v) is 48.8. The predicted octanol–water partition coefficient (Wildman–Crippen LogP) is 9.44. The molecule has 2 saturated carbocycles. The Hall–Kier alpha value is -7.04. The number of methoxy groups -OCH3 is 1. The van der Waals surface area contributed by atoms with Crippen LogP contribution >= 0.6 is 0 Å². The number of aromatic amines is 1. The molecule has 4 aliphatic heterocycles. The maximum atomic E-state index is 14.9. The highest BCUT2D eigenvalue weighted by Gasteiger charge is 2.51. The number of carbonyl (C=O) groups excluding carboxylic acids is 1. The maximum absolute atomic E-state index is 14.9. The molecule has 12 rings (SSSR count). The molecule has 3 atom stereocenters.